The van der Waals surface area contributed by atoms with Crippen LogP contribution in [0.3, 0.4) is 0 Å². The summed E-state index contributed by atoms with van der Waals surface area (Å²) in [5.41, 5.74) is 15.7. The number of rotatable bonds is 4. The molecule has 4 heteroatoms. The van der Waals surface area contributed by atoms with Crippen molar-refractivity contribution >= 4 is 46.0 Å². The van der Waals surface area contributed by atoms with E-state index < -0.39 is 0 Å². The molecule has 0 spiro atoms. The zero-order valence-corrected chi connectivity index (χ0v) is 39.3. The first-order valence-corrected chi connectivity index (χ1v) is 21.7. The molecule has 0 aliphatic heterocycles. The van der Waals surface area contributed by atoms with Gasteiger partial charge in [-0.15, -0.1) is 0 Å². The summed E-state index contributed by atoms with van der Waals surface area (Å²) >= 11 is 0.202. The van der Waals surface area contributed by atoms with Crippen LogP contribution in [-0.2, 0) is 44.0 Å². The normalized spacial score (nSPS) is 12.8. The Morgan fingerprint density at radius 2 is 1.14 bits per heavy atom. The molecule has 0 N–H and O–H groups in total. The number of hydrogen-bond donors (Lipinski definition) is 0. The van der Waals surface area contributed by atoms with Crippen LogP contribution in [-0.4, -0.2) is 19.5 Å². The molecule has 292 valence electrons. The van der Waals surface area contributed by atoms with Crippen LogP contribution in [0.25, 0.3) is 76.2 Å². The average molecular weight is 994 g/mol. The van der Waals surface area contributed by atoms with E-state index >= 15 is 0 Å². The summed E-state index contributed by atoms with van der Waals surface area (Å²) in [6.45, 7) is 27.3. The summed E-state index contributed by atoms with van der Waals surface area (Å²) in [6.07, 6.45) is 0. The van der Waals surface area contributed by atoms with Crippen LogP contribution in [0, 0.1) is 12.1 Å². The van der Waals surface area contributed by atoms with Crippen LogP contribution in [0.5, 0.6) is 0 Å². The fraction of sp³-hybridized carbons (Fsp3) is 0.302. The third-order valence-electron chi connectivity index (χ3n) is 11.3. The zero-order chi connectivity index (χ0) is 39.9. The Morgan fingerprint density at radius 1 is 0.526 bits per heavy atom. The standard InChI is InChI=1S/C53H53N2Se.Au/c1-50(2,3)37-17-13-32(14-18-37)34-25-35(33-15-19-38(20-16-33)51(4,5)6)27-36(26-34)46-31-47-41(23-24-56-47)48(55-46)44-30-40(53(10,11)12)29-43-42-28-39(52(7,8)9)21-22-45(42)54-49(43)44;/h13-15,17-26,28-31H,1-12H3;/q-3;+3. The quantitative estimate of drug-likeness (QED) is 0.130. The van der Waals surface area contributed by atoms with Crippen LogP contribution in [0.2, 0.25) is 0 Å². The van der Waals surface area contributed by atoms with Gasteiger partial charge in [0.2, 0.25) is 0 Å². The van der Waals surface area contributed by atoms with Gasteiger partial charge in [-0.3, -0.25) is 0 Å². The van der Waals surface area contributed by atoms with E-state index in [1.807, 2.05) is 0 Å². The minimum atomic E-state index is -0.0622. The Kier molecular flexibility index (Phi) is 10.6. The molecule has 2 nitrogen and oxygen atoms in total. The monoisotopic (exact) mass is 994 g/mol. The van der Waals surface area contributed by atoms with Crippen LogP contribution in [0.4, 0.5) is 0 Å². The fourth-order valence-electron chi connectivity index (χ4n) is 7.56. The third-order valence-corrected chi connectivity index (χ3v) is 13.1. The van der Waals surface area contributed by atoms with Gasteiger partial charge in [0, 0.05) is 0 Å². The Hall–Kier alpha value is -3.95. The molecule has 8 aromatic rings. The Bertz CT molecular complexity index is 2680. The first-order valence-electron chi connectivity index (χ1n) is 19.9. The number of aromatic nitrogens is 2. The molecule has 0 radical (unpaired) electrons. The van der Waals surface area contributed by atoms with E-state index in [1.165, 1.54) is 48.2 Å². The van der Waals surface area contributed by atoms with Crippen molar-refractivity contribution in [1.29, 1.82) is 0 Å². The smallest absolute Gasteiger partial charge is 3.00 e. The number of fused-ring (bicyclic) bond motifs is 4. The van der Waals surface area contributed by atoms with E-state index in [1.54, 1.807) is 0 Å². The van der Waals surface area contributed by atoms with Gasteiger partial charge in [0.25, 0.3) is 0 Å². The summed E-state index contributed by atoms with van der Waals surface area (Å²) in [5.74, 6) is 0. The maximum atomic E-state index is 5.62. The van der Waals surface area contributed by atoms with Gasteiger partial charge in [-0.25, -0.2) is 0 Å². The average Bonchev–Trinajstić information content (AvgIpc) is 3.77. The van der Waals surface area contributed by atoms with E-state index in [2.05, 4.69) is 197 Å². The van der Waals surface area contributed by atoms with E-state index in [4.69, 9.17) is 9.97 Å². The van der Waals surface area contributed by atoms with Gasteiger partial charge in [-0.1, -0.05) is 0 Å². The summed E-state index contributed by atoms with van der Waals surface area (Å²) in [5, 5.41) is 3.62. The summed E-state index contributed by atoms with van der Waals surface area (Å²) < 4.78 is 1.34. The van der Waals surface area contributed by atoms with Crippen molar-refractivity contribution in [1.82, 2.24) is 9.97 Å². The third kappa shape index (κ3) is 8.08. The van der Waals surface area contributed by atoms with Gasteiger partial charge in [0.1, 0.15) is 0 Å². The van der Waals surface area contributed by atoms with Crippen LogP contribution >= 0.6 is 0 Å². The first-order chi connectivity index (χ1) is 26.2. The maximum absolute atomic E-state index is 5.62. The second kappa shape index (κ2) is 14.7. The SMILES string of the molecule is CC(C)(C)c1c[c-]c(-c2[c-]c(-c3cc4[se]ccc4c(-c4cc(C(C)(C)C)cc5c4[n-]c4ccc(C(C)(C)C)cc45)n3)cc(-c3ccc(C(C)(C)C)cc3)c2)cc1.[Au+3]. The van der Waals surface area contributed by atoms with E-state index in [9.17, 15) is 0 Å². The molecule has 57 heavy (non-hydrogen) atoms. The van der Waals surface area contributed by atoms with Crippen molar-refractivity contribution in [2.24, 2.45) is 0 Å². The summed E-state index contributed by atoms with van der Waals surface area (Å²) in [7, 11) is 0. The zero-order valence-electron chi connectivity index (χ0n) is 35.4. The van der Waals surface area contributed by atoms with Gasteiger partial charge in [0.05, 0.1) is 0 Å². The molecule has 5 aromatic carbocycles. The molecule has 3 heterocycles. The summed E-state index contributed by atoms with van der Waals surface area (Å²) in [4.78, 5) is 13.3. The number of nitrogens with zero attached hydrogens (tertiary/aromatic N) is 2. The Balaban J connectivity index is 0.00000496. The van der Waals surface area contributed by atoms with Crippen LogP contribution in [0.1, 0.15) is 105 Å². The van der Waals surface area contributed by atoms with Crippen LogP contribution < -0.4 is 4.98 Å². The fourth-order valence-corrected chi connectivity index (χ4v) is 9.28. The van der Waals surface area contributed by atoms with Gasteiger partial charge in [-0.05, 0) is 0 Å². The topological polar surface area (TPSA) is 27.0 Å². The first kappa shape index (κ1) is 41.2. The molecule has 0 unspecified atom stereocenters. The molecule has 0 atom stereocenters. The minimum Gasteiger partial charge on any atom is 3.00 e. The molecule has 0 fully saturated rings. The Labute approximate surface area is 361 Å². The number of pyridine rings is 1. The van der Waals surface area contributed by atoms with Crippen molar-refractivity contribution in [3.63, 3.8) is 0 Å². The number of benzene rings is 5. The van der Waals surface area contributed by atoms with E-state index in [0.29, 0.717) is 0 Å². The molecule has 0 amide bonds. The molecule has 3 aromatic heterocycles. The van der Waals surface area contributed by atoms with Crippen LogP contribution in [0.15, 0.2) is 102 Å². The molecular weight excluding hydrogens is 941 g/mol. The van der Waals surface area contributed by atoms with Gasteiger partial charge < -0.3 is 0 Å². The predicted molar refractivity (Wildman–Crippen MR) is 241 cm³/mol. The van der Waals surface area contributed by atoms with Gasteiger partial charge >= 0.3 is 364 Å². The van der Waals surface area contributed by atoms with Crippen molar-refractivity contribution in [3.05, 3.63) is 136 Å². The van der Waals surface area contributed by atoms with Gasteiger partial charge in [0.15, 0.2) is 0 Å². The minimum absolute atomic E-state index is 0. The molecule has 0 aliphatic rings. The van der Waals surface area contributed by atoms with Crippen molar-refractivity contribution < 1.29 is 22.4 Å². The second-order valence-corrected chi connectivity index (χ2v) is 21.7. The van der Waals surface area contributed by atoms with Crippen molar-refractivity contribution in [3.8, 4) is 44.8 Å². The maximum Gasteiger partial charge on any atom is 3.00 e. The molecule has 0 saturated carbocycles. The number of hydrogen-bond acceptors (Lipinski definition) is 1. The molecule has 0 bridgehead atoms. The molecular formula is C53H53AuN2Se. The van der Waals surface area contributed by atoms with E-state index in [-0.39, 0.29) is 58.5 Å². The van der Waals surface area contributed by atoms with Crippen molar-refractivity contribution in [2.75, 3.05) is 0 Å². The van der Waals surface area contributed by atoms with E-state index in [0.717, 1.165) is 50.2 Å². The molecule has 8 rings (SSSR count). The summed E-state index contributed by atoms with van der Waals surface area (Å²) in [6, 6.07) is 43.8. The Morgan fingerprint density at radius 3 is 1.77 bits per heavy atom. The second-order valence-electron chi connectivity index (χ2n) is 19.7. The predicted octanol–water partition coefficient (Wildman–Crippen LogP) is 14.0. The largest absolute Gasteiger partial charge is 3.00 e. The molecule has 0 saturated heterocycles. The molecule has 0 aliphatic carbocycles. The van der Waals surface area contributed by atoms with Crippen molar-refractivity contribution in [2.45, 2.75) is 105 Å². The van der Waals surface area contributed by atoms with Gasteiger partial charge in [-0.2, -0.15) is 0 Å².